The van der Waals surface area contributed by atoms with Gasteiger partial charge in [0.2, 0.25) is 0 Å². The molecule has 0 aromatic heterocycles. The van der Waals surface area contributed by atoms with E-state index in [1.165, 1.54) is 0 Å². The minimum atomic E-state index is -2.68. The van der Waals surface area contributed by atoms with Gasteiger partial charge in [0, 0.05) is 13.1 Å². The Morgan fingerprint density at radius 3 is 2.11 bits per heavy atom. The lowest BCUT2D eigenvalue weighted by atomic mass is 10.4. The Morgan fingerprint density at radius 1 is 1.22 bits per heavy atom. The molecule has 0 aliphatic carbocycles. The van der Waals surface area contributed by atoms with Gasteiger partial charge in [-0.15, -0.1) is 12.4 Å². The lowest BCUT2D eigenvalue weighted by molar-refractivity contribution is -0.0442. The molecule has 2 N–H and O–H groups in total. The molecular formula is C4H9ClF2N2. The maximum atomic E-state index is 12.0. The number of hydrogen-bond donors (Lipinski definition) is 2. The molecule has 0 amide bonds. The second kappa shape index (κ2) is 3.29. The minimum absolute atomic E-state index is 0. The molecule has 0 bridgehead atoms. The van der Waals surface area contributed by atoms with Crippen molar-refractivity contribution < 1.29 is 8.78 Å². The van der Waals surface area contributed by atoms with Crippen LogP contribution in [0.15, 0.2) is 0 Å². The highest BCUT2D eigenvalue weighted by atomic mass is 35.5. The number of nitrogens with one attached hydrogen (secondary N) is 2. The number of rotatable bonds is 0. The van der Waals surface area contributed by atoms with Crippen LogP contribution >= 0.6 is 12.4 Å². The highest BCUT2D eigenvalue weighted by molar-refractivity contribution is 5.85. The first kappa shape index (κ1) is 9.07. The molecule has 2 nitrogen and oxygen atoms in total. The van der Waals surface area contributed by atoms with Gasteiger partial charge in [0.25, 0.3) is 0 Å². The average molecular weight is 159 g/mol. The van der Waals surface area contributed by atoms with E-state index in [0.29, 0.717) is 13.1 Å². The summed E-state index contributed by atoms with van der Waals surface area (Å²) in [7, 11) is 0. The first-order chi connectivity index (χ1) is 3.71. The molecule has 0 radical (unpaired) electrons. The summed E-state index contributed by atoms with van der Waals surface area (Å²) in [5, 5.41) is 4.62. The van der Waals surface area contributed by atoms with Crippen LogP contribution in [0.5, 0.6) is 0 Å². The third-order valence-corrected chi connectivity index (χ3v) is 1.03. The van der Waals surface area contributed by atoms with Gasteiger partial charge in [-0.05, 0) is 0 Å². The van der Waals surface area contributed by atoms with E-state index in [-0.39, 0.29) is 19.0 Å². The molecule has 1 fully saturated rings. The zero-order valence-corrected chi connectivity index (χ0v) is 5.60. The molecule has 1 rings (SSSR count). The molecule has 0 spiro atoms. The molecule has 0 atom stereocenters. The van der Waals surface area contributed by atoms with Gasteiger partial charge in [0.15, 0.2) is 0 Å². The third kappa shape index (κ3) is 2.93. The molecule has 0 aromatic rings. The molecule has 1 heterocycles. The van der Waals surface area contributed by atoms with E-state index in [1.807, 2.05) is 0 Å². The van der Waals surface area contributed by atoms with Crippen LogP contribution < -0.4 is 10.6 Å². The van der Waals surface area contributed by atoms with Crippen LogP contribution in [0, 0.1) is 0 Å². The first-order valence-corrected chi connectivity index (χ1v) is 2.54. The van der Waals surface area contributed by atoms with E-state index in [4.69, 9.17) is 0 Å². The van der Waals surface area contributed by atoms with Crippen LogP contribution in [0.4, 0.5) is 8.78 Å². The van der Waals surface area contributed by atoms with Gasteiger partial charge in [0.1, 0.15) is 0 Å². The Hall–Kier alpha value is 0.0700. The Kier molecular flexibility index (Phi) is 3.32. The van der Waals surface area contributed by atoms with Crippen molar-refractivity contribution in [3.8, 4) is 0 Å². The molecule has 1 aliphatic rings. The van der Waals surface area contributed by atoms with Gasteiger partial charge < -0.3 is 5.32 Å². The number of halogens is 3. The minimum Gasteiger partial charge on any atom is -0.309 e. The van der Waals surface area contributed by atoms with Crippen LogP contribution in [0.2, 0.25) is 0 Å². The first-order valence-electron chi connectivity index (χ1n) is 2.54. The molecular weight excluding hydrogens is 150 g/mol. The summed E-state index contributed by atoms with van der Waals surface area (Å²) in [5.74, 6) is 0. The molecule has 9 heavy (non-hydrogen) atoms. The van der Waals surface area contributed by atoms with Crippen molar-refractivity contribution in [3.05, 3.63) is 0 Å². The fraction of sp³-hybridized carbons (Fsp3) is 1.00. The van der Waals surface area contributed by atoms with E-state index in [9.17, 15) is 8.78 Å². The van der Waals surface area contributed by atoms with Crippen LogP contribution in [-0.4, -0.2) is 25.7 Å². The Labute approximate surface area is 58.4 Å². The van der Waals surface area contributed by atoms with Crippen LogP contribution in [0.25, 0.3) is 0 Å². The van der Waals surface area contributed by atoms with Crippen molar-refractivity contribution >= 4 is 12.4 Å². The van der Waals surface area contributed by atoms with E-state index in [2.05, 4.69) is 10.6 Å². The van der Waals surface area contributed by atoms with Gasteiger partial charge >= 0.3 is 6.05 Å². The summed E-state index contributed by atoms with van der Waals surface area (Å²) >= 11 is 0. The summed E-state index contributed by atoms with van der Waals surface area (Å²) < 4.78 is 24.1. The molecule has 1 saturated heterocycles. The lowest BCUT2D eigenvalue weighted by Gasteiger charge is -2.23. The average Bonchev–Trinajstić information content (AvgIpc) is 1.65. The predicted molar refractivity (Wildman–Crippen MR) is 33.1 cm³/mol. The molecule has 56 valence electrons. The Balaban J connectivity index is 0.000000640. The van der Waals surface area contributed by atoms with Crippen molar-refractivity contribution in [1.82, 2.24) is 10.6 Å². The highest BCUT2D eigenvalue weighted by Gasteiger charge is 2.29. The Bertz CT molecular complexity index is 80.6. The van der Waals surface area contributed by atoms with E-state index < -0.39 is 6.05 Å². The van der Waals surface area contributed by atoms with Crippen molar-refractivity contribution in [2.24, 2.45) is 0 Å². The molecule has 0 aromatic carbocycles. The zero-order valence-electron chi connectivity index (χ0n) is 4.79. The SMILES string of the molecule is Cl.FC1(F)CNCCN1. The summed E-state index contributed by atoms with van der Waals surface area (Å²) in [5.41, 5.74) is 0. The molecule has 0 saturated carbocycles. The second-order valence-corrected chi connectivity index (χ2v) is 1.81. The van der Waals surface area contributed by atoms with E-state index in [1.54, 1.807) is 0 Å². The van der Waals surface area contributed by atoms with Crippen molar-refractivity contribution in [3.63, 3.8) is 0 Å². The quantitative estimate of drug-likeness (QED) is 0.492. The normalized spacial score (nSPS) is 24.7. The fourth-order valence-corrected chi connectivity index (χ4v) is 0.642. The fourth-order valence-electron chi connectivity index (χ4n) is 0.642. The summed E-state index contributed by atoms with van der Waals surface area (Å²) in [6.07, 6.45) is 0. The molecule has 5 heteroatoms. The largest absolute Gasteiger partial charge is 0.314 e. The van der Waals surface area contributed by atoms with Crippen LogP contribution in [0.3, 0.4) is 0 Å². The number of piperazine rings is 1. The summed E-state index contributed by atoms with van der Waals surface area (Å²) in [6, 6.07) is -2.68. The smallest absolute Gasteiger partial charge is 0.309 e. The third-order valence-electron chi connectivity index (χ3n) is 1.03. The highest BCUT2D eigenvalue weighted by Crippen LogP contribution is 2.07. The van der Waals surface area contributed by atoms with Crippen molar-refractivity contribution in [2.75, 3.05) is 19.6 Å². The lowest BCUT2D eigenvalue weighted by Crippen LogP contribution is -2.53. The van der Waals surface area contributed by atoms with Gasteiger partial charge in [-0.3, -0.25) is 5.32 Å². The van der Waals surface area contributed by atoms with E-state index in [0.717, 1.165) is 0 Å². The maximum absolute atomic E-state index is 12.0. The van der Waals surface area contributed by atoms with E-state index >= 15 is 0 Å². The maximum Gasteiger partial charge on any atom is 0.314 e. The second-order valence-electron chi connectivity index (χ2n) is 1.81. The van der Waals surface area contributed by atoms with Gasteiger partial charge in [-0.25, -0.2) is 0 Å². The van der Waals surface area contributed by atoms with Crippen LogP contribution in [0.1, 0.15) is 0 Å². The summed E-state index contributed by atoms with van der Waals surface area (Å²) in [4.78, 5) is 0. The standard InChI is InChI=1S/C4H8F2N2.ClH/c5-4(6)3-7-1-2-8-4;/h7-8H,1-3H2;1H. The van der Waals surface area contributed by atoms with Crippen molar-refractivity contribution in [2.45, 2.75) is 6.05 Å². The molecule has 0 unspecified atom stereocenters. The zero-order chi connectivity index (χ0) is 6.04. The van der Waals surface area contributed by atoms with Crippen molar-refractivity contribution in [1.29, 1.82) is 0 Å². The predicted octanol–water partition coefficient (Wildman–Crippen LogP) is 0.194. The van der Waals surface area contributed by atoms with Gasteiger partial charge in [-0.2, -0.15) is 8.78 Å². The molecule has 1 aliphatic heterocycles. The number of alkyl halides is 2. The monoisotopic (exact) mass is 158 g/mol. The Morgan fingerprint density at radius 2 is 1.89 bits per heavy atom. The number of hydrogen-bond acceptors (Lipinski definition) is 2. The summed E-state index contributed by atoms with van der Waals surface area (Å²) in [6.45, 7) is 0.746. The van der Waals surface area contributed by atoms with Gasteiger partial charge in [-0.1, -0.05) is 0 Å². The van der Waals surface area contributed by atoms with Gasteiger partial charge in [0.05, 0.1) is 6.54 Å². The topological polar surface area (TPSA) is 24.1 Å². The van der Waals surface area contributed by atoms with Crippen LogP contribution in [-0.2, 0) is 0 Å².